The molecule has 1 aromatic carbocycles. The Morgan fingerprint density at radius 3 is 2.29 bits per heavy atom. The number of rotatable bonds is 3. The monoisotopic (exact) mass is 253 g/mol. The third-order valence-corrected chi connectivity index (χ3v) is 4.86. The van der Waals surface area contributed by atoms with Crippen LogP contribution in [0.2, 0.25) is 0 Å². The van der Waals surface area contributed by atoms with Crippen LogP contribution in [-0.2, 0) is 10.0 Å². The fourth-order valence-corrected chi connectivity index (χ4v) is 3.15. The van der Waals surface area contributed by atoms with Gasteiger partial charge in [-0.2, -0.15) is 0 Å². The van der Waals surface area contributed by atoms with Crippen molar-refractivity contribution < 1.29 is 13.2 Å². The standard InChI is InChI=1S/C12H15NO3S/c1-9-5-7-10(8-6-9)12(14)13-17(15,16)11-3-2-4-11/h5-8,11H,2-4H2,1H3,(H,13,14). The maximum atomic E-state index is 11.7. The molecule has 0 spiro atoms. The molecule has 0 bridgehead atoms. The van der Waals surface area contributed by atoms with Crippen molar-refractivity contribution in [2.24, 2.45) is 0 Å². The molecule has 1 aliphatic rings. The molecule has 2 rings (SSSR count). The first-order chi connectivity index (χ1) is 7.99. The Hall–Kier alpha value is -1.36. The molecule has 0 atom stereocenters. The minimum absolute atomic E-state index is 0.374. The minimum atomic E-state index is -3.48. The average Bonchev–Trinajstić information content (AvgIpc) is 2.13. The first-order valence-corrected chi connectivity index (χ1v) is 7.16. The van der Waals surface area contributed by atoms with E-state index in [1.165, 1.54) is 0 Å². The SMILES string of the molecule is Cc1ccc(C(=O)NS(=O)(=O)C2CCC2)cc1. The predicted octanol–water partition coefficient (Wildman–Crippen LogP) is 1.61. The van der Waals surface area contributed by atoms with E-state index in [-0.39, 0.29) is 0 Å². The van der Waals surface area contributed by atoms with Crippen LogP contribution in [0.25, 0.3) is 0 Å². The number of carbonyl (C=O) groups excluding carboxylic acids is 1. The van der Waals surface area contributed by atoms with E-state index in [9.17, 15) is 13.2 Å². The maximum absolute atomic E-state index is 11.7. The highest BCUT2D eigenvalue weighted by Crippen LogP contribution is 2.25. The normalized spacial score (nSPS) is 16.3. The van der Waals surface area contributed by atoms with E-state index in [1.54, 1.807) is 24.3 Å². The summed E-state index contributed by atoms with van der Waals surface area (Å²) in [6.45, 7) is 1.91. The Morgan fingerprint density at radius 2 is 1.82 bits per heavy atom. The lowest BCUT2D eigenvalue weighted by Crippen LogP contribution is -2.41. The largest absolute Gasteiger partial charge is 0.268 e. The van der Waals surface area contributed by atoms with Crippen LogP contribution in [-0.4, -0.2) is 19.6 Å². The zero-order valence-electron chi connectivity index (χ0n) is 9.64. The predicted molar refractivity (Wildman–Crippen MR) is 65.2 cm³/mol. The van der Waals surface area contributed by atoms with E-state index in [4.69, 9.17) is 0 Å². The van der Waals surface area contributed by atoms with Crippen LogP contribution in [0.3, 0.4) is 0 Å². The van der Waals surface area contributed by atoms with E-state index >= 15 is 0 Å². The smallest absolute Gasteiger partial charge is 0.264 e. The van der Waals surface area contributed by atoms with Gasteiger partial charge in [-0.1, -0.05) is 24.1 Å². The molecule has 0 saturated heterocycles. The zero-order chi connectivity index (χ0) is 12.5. The highest BCUT2D eigenvalue weighted by Gasteiger charge is 2.32. The molecular weight excluding hydrogens is 238 g/mol. The van der Waals surface area contributed by atoms with Crippen molar-refractivity contribution in [3.8, 4) is 0 Å². The first-order valence-electron chi connectivity index (χ1n) is 5.62. The Bertz CT molecular complexity index is 515. The summed E-state index contributed by atoms with van der Waals surface area (Å²) in [7, 11) is -3.48. The second-order valence-corrected chi connectivity index (χ2v) is 6.36. The highest BCUT2D eigenvalue weighted by molar-refractivity contribution is 7.90. The molecule has 0 aromatic heterocycles. The van der Waals surface area contributed by atoms with Gasteiger partial charge in [0.1, 0.15) is 0 Å². The number of carbonyl (C=O) groups is 1. The minimum Gasteiger partial charge on any atom is -0.268 e. The molecule has 0 unspecified atom stereocenters. The summed E-state index contributed by atoms with van der Waals surface area (Å²) < 4.78 is 25.6. The summed E-state index contributed by atoms with van der Waals surface area (Å²) in [5.74, 6) is -0.545. The van der Waals surface area contributed by atoms with Crippen molar-refractivity contribution in [1.82, 2.24) is 4.72 Å². The molecule has 1 N–H and O–H groups in total. The molecule has 1 fully saturated rings. The summed E-state index contributed by atoms with van der Waals surface area (Å²) in [6.07, 6.45) is 2.22. The summed E-state index contributed by atoms with van der Waals surface area (Å²) in [5.41, 5.74) is 1.40. The lowest BCUT2D eigenvalue weighted by molar-refractivity contribution is 0.0980. The van der Waals surface area contributed by atoms with E-state index in [0.29, 0.717) is 18.4 Å². The van der Waals surface area contributed by atoms with Gasteiger partial charge < -0.3 is 0 Å². The number of sulfonamides is 1. The van der Waals surface area contributed by atoms with Crippen molar-refractivity contribution in [2.75, 3.05) is 0 Å². The Balaban J connectivity index is 2.08. The Morgan fingerprint density at radius 1 is 1.24 bits per heavy atom. The quantitative estimate of drug-likeness (QED) is 0.890. The number of benzene rings is 1. The second kappa shape index (κ2) is 4.49. The fraction of sp³-hybridized carbons (Fsp3) is 0.417. The molecule has 4 nitrogen and oxygen atoms in total. The number of amides is 1. The van der Waals surface area contributed by atoms with Crippen LogP contribution in [0.1, 0.15) is 35.2 Å². The first kappa shape index (κ1) is 12.1. The van der Waals surface area contributed by atoms with Gasteiger partial charge in [0.2, 0.25) is 10.0 Å². The van der Waals surface area contributed by atoms with Crippen LogP contribution in [0, 0.1) is 6.92 Å². The molecule has 1 saturated carbocycles. The molecule has 17 heavy (non-hydrogen) atoms. The van der Waals surface area contributed by atoms with Crippen molar-refractivity contribution >= 4 is 15.9 Å². The molecule has 92 valence electrons. The fourth-order valence-electron chi connectivity index (χ4n) is 1.66. The van der Waals surface area contributed by atoms with Crippen molar-refractivity contribution in [2.45, 2.75) is 31.4 Å². The lowest BCUT2D eigenvalue weighted by atomic mass is 10.0. The molecule has 0 aliphatic heterocycles. The Kier molecular flexibility index (Phi) is 3.19. The summed E-state index contributed by atoms with van der Waals surface area (Å²) >= 11 is 0. The van der Waals surface area contributed by atoms with Gasteiger partial charge in [0, 0.05) is 5.56 Å². The number of hydrogen-bond acceptors (Lipinski definition) is 3. The number of hydrogen-bond donors (Lipinski definition) is 1. The van der Waals surface area contributed by atoms with E-state index in [2.05, 4.69) is 4.72 Å². The van der Waals surface area contributed by atoms with Crippen LogP contribution in [0.5, 0.6) is 0 Å². The van der Waals surface area contributed by atoms with E-state index in [1.807, 2.05) is 6.92 Å². The molecule has 1 aliphatic carbocycles. The van der Waals surface area contributed by atoms with E-state index in [0.717, 1.165) is 12.0 Å². The van der Waals surface area contributed by atoms with Crippen LogP contribution in [0.4, 0.5) is 0 Å². The van der Waals surface area contributed by atoms with Gasteiger partial charge in [0.25, 0.3) is 5.91 Å². The van der Waals surface area contributed by atoms with Crippen LogP contribution >= 0.6 is 0 Å². The third kappa shape index (κ3) is 2.66. The van der Waals surface area contributed by atoms with Gasteiger partial charge in [-0.15, -0.1) is 0 Å². The molecule has 5 heteroatoms. The maximum Gasteiger partial charge on any atom is 0.264 e. The average molecular weight is 253 g/mol. The van der Waals surface area contributed by atoms with Crippen molar-refractivity contribution in [1.29, 1.82) is 0 Å². The van der Waals surface area contributed by atoms with Gasteiger partial charge in [-0.05, 0) is 31.9 Å². The second-order valence-electron chi connectivity index (χ2n) is 4.40. The van der Waals surface area contributed by atoms with Gasteiger partial charge in [-0.3, -0.25) is 4.79 Å². The molecule has 1 aromatic rings. The van der Waals surface area contributed by atoms with Gasteiger partial charge in [0.15, 0.2) is 0 Å². The van der Waals surface area contributed by atoms with E-state index < -0.39 is 21.2 Å². The summed E-state index contributed by atoms with van der Waals surface area (Å²) in [4.78, 5) is 11.7. The summed E-state index contributed by atoms with van der Waals surface area (Å²) in [5, 5.41) is -0.392. The summed E-state index contributed by atoms with van der Waals surface area (Å²) in [6, 6.07) is 6.82. The number of nitrogens with one attached hydrogen (secondary N) is 1. The highest BCUT2D eigenvalue weighted by atomic mass is 32.2. The zero-order valence-corrected chi connectivity index (χ0v) is 10.5. The lowest BCUT2D eigenvalue weighted by Gasteiger charge is -2.25. The van der Waals surface area contributed by atoms with Gasteiger partial charge in [-0.25, -0.2) is 13.1 Å². The molecule has 0 radical (unpaired) electrons. The van der Waals surface area contributed by atoms with Gasteiger partial charge in [0.05, 0.1) is 5.25 Å². The number of aryl methyl sites for hydroxylation is 1. The van der Waals surface area contributed by atoms with Crippen molar-refractivity contribution in [3.63, 3.8) is 0 Å². The van der Waals surface area contributed by atoms with Crippen LogP contribution < -0.4 is 4.72 Å². The third-order valence-electron chi connectivity index (χ3n) is 3.04. The topological polar surface area (TPSA) is 63.2 Å². The molecular formula is C12H15NO3S. The molecule has 1 amide bonds. The van der Waals surface area contributed by atoms with Gasteiger partial charge >= 0.3 is 0 Å². The van der Waals surface area contributed by atoms with Crippen molar-refractivity contribution in [3.05, 3.63) is 35.4 Å². The molecule has 0 heterocycles. The van der Waals surface area contributed by atoms with Crippen LogP contribution in [0.15, 0.2) is 24.3 Å². The Labute approximate surface area is 101 Å².